The maximum absolute atomic E-state index is 5.03. The molecule has 0 spiro atoms. The zero-order chi connectivity index (χ0) is 33.2. The Hall–Kier alpha value is -3.90. The fourth-order valence-corrected chi connectivity index (χ4v) is 12.4. The number of rotatable bonds is 9. The van der Waals surface area contributed by atoms with E-state index < -0.39 is 15.8 Å². The minimum absolute atomic E-state index is 0.237. The lowest BCUT2D eigenvalue weighted by Crippen LogP contribution is -2.35. The summed E-state index contributed by atoms with van der Waals surface area (Å²) in [5, 5.41) is 15.4. The number of hydrogen-bond acceptors (Lipinski definition) is 2. The summed E-state index contributed by atoms with van der Waals surface area (Å²) in [6.07, 6.45) is 6.72. The van der Waals surface area contributed by atoms with Crippen molar-refractivity contribution in [3.63, 3.8) is 0 Å². The predicted octanol–water partition coefficient (Wildman–Crippen LogP) is 8.04. The van der Waals surface area contributed by atoms with E-state index in [0.717, 1.165) is 22.7 Å². The topological polar surface area (TPSA) is 30.7 Å². The van der Waals surface area contributed by atoms with Crippen LogP contribution in [0.1, 0.15) is 29.2 Å². The van der Waals surface area contributed by atoms with E-state index >= 15 is 0 Å². The first kappa shape index (κ1) is 32.6. The van der Waals surface area contributed by atoms with Gasteiger partial charge in [0.2, 0.25) is 0 Å². The average molecular weight is 661 g/mol. The molecule has 3 nitrogen and oxygen atoms in total. The largest absolute Gasteiger partial charge is 0.234 e. The Kier molecular flexibility index (Phi) is 9.72. The first-order valence-corrected chi connectivity index (χ1v) is 19.3. The normalized spacial score (nSPS) is 14.6. The second-order valence-electron chi connectivity index (χ2n) is 12.7. The number of aromatic nitrogens is 3. The van der Waals surface area contributed by atoms with Crippen LogP contribution in [0.4, 0.5) is 0 Å². The van der Waals surface area contributed by atoms with Crippen LogP contribution in [0, 0.1) is 58.9 Å². The van der Waals surface area contributed by atoms with E-state index in [2.05, 4.69) is 186 Å². The molecule has 5 radical (unpaired) electrons. The summed E-state index contributed by atoms with van der Waals surface area (Å²) in [6.45, 7) is 11.2. The lowest BCUT2D eigenvalue weighted by Gasteiger charge is -2.33. The molecule has 237 valence electrons. The van der Waals surface area contributed by atoms with E-state index in [1.807, 2.05) is 0 Å². The van der Waals surface area contributed by atoms with Crippen molar-refractivity contribution in [2.75, 3.05) is 0 Å². The van der Waals surface area contributed by atoms with E-state index in [1.54, 1.807) is 0 Å². The van der Waals surface area contributed by atoms with Crippen molar-refractivity contribution in [3.8, 4) is 11.3 Å². The van der Waals surface area contributed by atoms with Gasteiger partial charge in [0.25, 0.3) is 0 Å². The molecular weight excluding hydrogens is 620 g/mol. The van der Waals surface area contributed by atoms with Crippen molar-refractivity contribution in [1.29, 1.82) is 0 Å². The van der Waals surface area contributed by atoms with Gasteiger partial charge in [0.15, 0.2) is 0 Å². The standard InChI is InChI=1S/C43H40N3P2/c1-30-24-31(2)27-38(26-30)48(39-28-32(3)25-33(4)29-39)43-42(35-16-9-6-10-17-35)44-45-46(43)41-23-15-22-40(41)34(5)47(36-18-11-7-12-19-36)37-20-13-8-14-21-37/h6-29,34H,1-5H3/t34-/m1/s1. The van der Waals surface area contributed by atoms with Gasteiger partial charge in [-0.2, -0.15) is 0 Å². The second kappa shape index (κ2) is 14.3. The number of aryl methyl sites for hydroxylation is 4. The lowest BCUT2D eigenvalue weighted by atomic mass is 10.00. The molecule has 5 heteroatoms. The van der Waals surface area contributed by atoms with Crippen LogP contribution in [0.2, 0.25) is 0 Å². The van der Waals surface area contributed by atoms with Crippen molar-refractivity contribution in [2.45, 2.75) is 40.3 Å². The molecule has 1 aromatic heterocycles. The Bertz CT molecular complexity index is 1860. The zero-order valence-electron chi connectivity index (χ0n) is 28.2. The van der Waals surface area contributed by atoms with Crippen LogP contribution in [0.3, 0.4) is 0 Å². The van der Waals surface area contributed by atoms with Crippen LogP contribution in [-0.2, 0) is 0 Å². The molecule has 48 heavy (non-hydrogen) atoms. The van der Waals surface area contributed by atoms with Crippen LogP contribution >= 0.6 is 15.8 Å². The molecule has 0 aliphatic heterocycles. The molecule has 0 N–H and O–H groups in total. The highest BCUT2D eigenvalue weighted by molar-refractivity contribution is 7.80. The van der Waals surface area contributed by atoms with Crippen molar-refractivity contribution >= 4 is 42.5 Å². The van der Waals surface area contributed by atoms with Gasteiger partial charge in [-0.3, -0.25) is 0 Å². The summed E-state index contributed by atoms with van der Waals surface area (Å²) in [4.78, 5) is 0. The number of nitrogens with zero attached hydrogens (tertiary/aromatic N) is 3. The Balaban J connectivity index is 1.42. The van der Waals surface area contributed by atoms with E-state index in [-0.39, 0.29) is 5.66 Å². The fraction of sp³-hybridized carbons (Fsp3) is 0.140. The van der Waals surface area contributed by atoms with Gasteiger partial charge >= 0.3 is 0 Å². The molecule has 0 unspecified atom stereocenters. The van der Waals surface area contributed by atoms with Crippen LogP contribution in [-0.4, -0.2) is 20.7 Å². The Morgan fingerprint density at radius 2 is 1.04 bits per heavy atom. The molecule has 1 fully saturated rings. The molecule has 0 bridgehead atoms. The van der Waals surface area contributed by atoms with Gasteiger partial charge in [0.05, 0.1) is 5.44 Å². The molecule has 1 atom stereocenters. The summed E-state index contributed by atoms with van der Waals surface area (Å²) >= 11 is 0. The number of hydrogen-bond donors (Lipinski definition) is 0. The first-order chi connectivity index (χ1) is 23.4. The molecule has 1 aliphatic carbocycles. The maximum atomic E-state index is 5.03. The minimum atomic E-state index is -1.04. The Morgan fingerprint density at radius 3 is 1.54 bits per heavy atom. The third kappa shape index (κ3) is 6.69. The molecular formula is C43H40N3P2. The lowest BCUT2D eigenvalue weighted by molar-refractivity contribution is 0.683. The molecule has 6 aromatic rings. The van der Waals surface area contributed by atoms with Gasteiger partial charge in [0.1, 0.15) is 11.7 Å². The van der Waals surface area contributed by atoms with Crippen LogP contribution in [0.5, 0.6) is 0 Å². The van der Waals surface area contributed by atoms with Crippen molar-refractivity contribution in [1.82, 2.24) is 15.0 Å². The van der Waals surface area contributed by atoms with E-state index in [0.29, 0.717) is 0 Å². The molecule has 7 rings (SSSR count). The van der Waals surface area contributed by atoms with Gasteiger partial charge in [0, 0.05) is 19.4 Å². The highest BCUT2D eigenvalue weighted by Gasteiger charge is 2.42. The number of benzene rings is 5. The molecule has 1 heterocycles. The summed E-state index contributed by atoms with van der Waals surface area (Å²) in [6, 6.07) is 47.6. The Labute approximate surface area is 289 Å². The van der Waals surface area contributed by atoms with Crippen LogP contribution in [0.15, 0.2) is 127 Å². The highest BCUT2D eigenvalue weighted by atomic mass is 31.1. The quantitative estimate of drug-likeness (QED) is 0.147. The fourth-order valence-electron chi connectivity index (χ4n) is 6.86. The van der Waals surface area contributed by atoms with E-state index in [1.165, 1.54) is 49.4 Å². The van der Waals surface area contributed by atoms with Crippen LogP contribution < -0.4 is 26.7 Å². The van der Waals surface area contributed by atoms with Crippen LogP contribution in [0.25, 0.3) is 11.3 Å². The van der Waals surface area contributed by atoms with E-state index in [9.17, 15) is 0 Å². The van der Waals surface area contributed by atoms with Crippen molar-refractivity contribution in [3.05, 3.63) is 181 Å². The second-order valence-corrected chi connectivity index (χ2v) is 17.3. The Morgan fingerprint density at radius 1 is 0.562 bits per heavy atom. The maximum Gasteiger partial charge on any atom is 0.121 e. The third-order valence-corrected chi connectivity index (χ3v) is 13.9. The van der Waals surface area contributed by atoms with Gasteiger partial charge in [-0.25, -0.2) is 4.68 Å². The molecule has 1 saturated carbocycles. The smallest absolute Gasteiger partial charge is 0.121 e. The highest BCUT2D eigenvalue weighted by Crippen LogP contribution is 2.51. The minimum Gasteiger partial charge on any atom is -0.234 e. The van der Waals surface area contributed by atoms with Crippen molar-refractivity contribution < 1.29 is 0 Å². The SMILES string of the molecule is Cc1cc(C)cc(P(c2cc(C)cc(C)c2)c2c(-c3ccccc3)nnn2[C]2[CH][CH][CH][C]2[C@@H](C)P(c2ccccc2)c2ccccc2)c1. The monoisotopic (exact) mass is 660 g/mol. The van der Waals surface area contributed by atoms with Crippen molar-refractivity contribution in [2.24, 2.45) is 0 Å². The summed E-state index contributed by atoms with van der Waals surface area (Å²) in [5.74, 6) is 1.29. The predicted molar refractivity (Wildman–Crippen MR) is 206 cm³/mol. The third-order valence-electron chi connectivity index (χ3n) is 8.79. The summed E-state index contributed by atoms with van der Waals surface area (Å²) in [7, 11) is -1.73. The van der Waals surface area contributed by atoms with E-state index in [4.69, 9.17) is 10.3 Å². The van der Waals surface area contributed by atoms with Gasteiger partial charge < -0.3 is 0 Å². The van der Waals surface area contributed by atoms with Gasteiger partial charge in [-0.05, 0) is 81.8 Å². The molecule has 1 aliphatic rings. The average Bonchev–Trinajstić information content (AvgIpc) is 3.73. The molecule has 5 aromatic carbocycles. The summed E-state index contributed by atoms with van der Waals surface area (Å²) < 4.78 is 2.18. The molecule has 0 amide bonds. The summed E-state index contributed by atoms with van der Waals surface area (Å²) in [5.41, 5.74) is 8.46. The van der Waals surface area contributed by atoms with Gasteiger partial charge in [-0.1, -0.05) is 162 Å². The van der Waals surface area contributed by atoms with Gasteiger partial charge in [-0.15, -0.1) is 5.10 Å². The first-order valence-electron chi connectivity index (χ1n) is 16.5. The zero-order valence-corrected chi connectivity index (χ0v) is 30.0. The molecule has 0 saturated heterocycles.